The van der Waals surface area contributed by atoms with Gasteiger partial charge in [0.25, 0.3) is 11.7 Å². The first kappa shape index (κ1) is 29.6. The van der Waals surface area contributed by atoms with E-state index in [1.165, 1.54) is 11.8 Å². The van der Waals surface area contributed by atoms with Crippen molar-refractivity contribution in [2.75, 3.05) is 17.3 Å². The summed E-state index contributed by atoms with van der Waals surface area (Å²) in [6.07, 6.45) is 0. The molecule has 4 rings (SSSR count). The molecule has 7 nitrogen and oxygen atoms in total. The maximum absolute atomic E-state index is 13.7. The van der Waals surface area contributed by atoms with E-state index in [0.717, 1.165) is 11.1 Å². The summed E-state index contributed by atoms with van der Waals surface area (Å²) in [4.78, 5) is 40.4. The van der Waals surface area contributed by atoms with Crippen LogP contribution >= 0.6 is 0 Å². The first-order chi connectivity index (χ1) is 19.1. The fraction of sp³-hybridized carbons (Fsp3) is 0.324. The molecule has 1 aliphatic rings. The Balaban J connectivity index is 1.95. The number of rotatable bonds is 5. The number of carbonyl (C=O) groups is 3. The lowest BCUT2D eigenvalue weighted by atomic mass is 9.84. The van der Waals surface area contributed by atoms with Crippen molar-refractivity contribution in [3.05, 3.63) is 94.6 Å². The molecule has 1 unspecified atom stereocenters. The van der Waals surface area contributed by atoms with Crippen LogP contribution in [-0.2, 0) is 25.2 Å². The van der Waals surface area contributed by atoms with E-state index in [0.29, 0.717) is 28.3 Å². The second-order valence-electron chi connectivity index (χ2n) is 12.4. The van der Waals surface area contributed by atoms with E-state index in [1.54, 1.807) is 49.6 Å². The van der Waals surface area contributed by atoms with Crippen molar-refractivity contribution in [2.24, 2.45) is 0 Å². The van der Waals surface area contributed by atoms with Crippen molar-refractivity contribution in [1.82, 2.24) is 0 Å². The molecule has 214 valence electrons. The molecule has 7 heteroatoms. The Morgan fingerprint density at radius 2 is 1.56 bits per heavy atom. The van der Waals surface area contributed by atoms with E-state index in [2.05, 4.69) is 26.1 Å². The largest absolute Gasteiger partial charge is 0.507 e. The third-order valence-electron chi connectivity index (χ3n) is 7.26. The third kappa shape index (κ3) is 5.89. The molecular weight excluding hydrogens is 516 g/mol. The summed E-state index contributed by atoms with van der Waals surface area (Å²) in [7, 11) is 1.59. The number of hydrogen-bond donors (Lipinski definition) is 2. The molecule has 2 N–H and O–H groups in total. The minimum atomic E-state index is -0.892. The first-order valence-corrected chi connectivity index (χ1v) is 13.6. The lowest BCUT2D eigenvalue weighted by molar-refractivity contribution is -0.132. The van der Waals surface area contributed by atoms with Crippen molar-refractivity contribution in [3.8, 4) is 5.75 Å². The molecule has 1 aliphatic heterocycles. The molecule has 0 saturated carbocycles. The first-order valence-electron chi connectivity index (χ1n) is 13.6. The molecule has 1 heterocycles. The number of ketones is 1. The number of aliphatic hydroxyl groups is 1. The summed E-state index contributed by atoms with van der Waals surface area (Å²) in [5.74, 6) is -1.40. The maximum atomic E-state index is 13.7. The number of Topliss-reactive ketones (excluding diaryl/α,β-unsaturated/α-hetero) is 1. The zero-order chi connectivity index (χ0) is 30.3. The van der Waals surface area contributed by atoms with Crippen molar-refractivity contribution in [1.29, 1.82) is 0 Å². The second kappa shape index (κ2) is 10.9. The second-order valence-corrected chi connectivity index (χ2v) is 12.4. The number of nitrogens with zero attached hydrogens (tertiary/aromatic N) is 1. The van der Waals surface area contributed by atoms with Crippen LogP contribution in [0.1, 0.15) is 76.8 Å². The van der Waals surface area contributed by atoms with E-state index < -0.39 is 17.7 Å². The van der Waals surface area contributed by atoms with Gasteiger partial charge in [0.1, 0.15) is 11.5 Å². The Kier molecular flexibility index (Phi) is 7.85. The number of amides is 2. The van der Waals surface area contributed by atoms with Gasteiger partial charge >= 0.3 is 0 Å². The van der Waals surface area contributed by atoms with E-state index in [-0.39, 0.29) is 28.1 Å². The highest BCUT2D eigenvalue weighted by Crippen LogP contribution is 2.44. The number of aliphatic hydroxyl groups excluding tert-OH is 1. The minimum Gasteiger partial charge on any atom is -0.507 e. The van der Waals surface area contributed by atoms with Crippen LogP contribution in [0, 0.1) is 0 Å². The quantitative estimate of drug-likeness (QED) is 0.204. The lowest BCUT2D eigenvalue weighted by Crippen LogP contribution is -2.29. The monoisotopic (exact) mass is 554 g/mol. The summed E-state index contributed by atoms with van der Waals surface area (Å²) >= 11 is 0. The van der Waals surface area contributed by atoms with Crippen LogP contribution in [0.25, 0.3) is 5.76 Å². The summed E-state index contributed by atoms with van der Waals surface area (Å²) in [6.45, 7) is 13.8. The average Bonchev–Trinajstić information content (AvgIpc) is 3.16. The Morgan fingerprint density at radius 1 is 0.902 bits per heavy atom. The van der Waals surface area contributed by atoms with Crippen LogP contribution in [0.3, 0.4) is 0 Å². The molecule has 1 fully saturated rings. The standard InChI is InChI=1S/C34H38N2O5/c1-20(37)35-24-10-9-11-25(19-24)36-29(21-12-15-23(16-13-21)33(2,3)4)28(31(39)32(36)40)30(38)22-14-17-27(41-8)26(18-22)34(5,6)7/h9-19,29,38H,1-8H3,(H,35,37)/b30-28-. The molecule has 0 aromatic heterocycles. The molecule has 3 aromatic rings. The van der Waals surface area contributed by atoms with E-state index >= 15 is 0 Å². The van der Waals surface area contributed by atoms with Gasteiger partial charge in [-0.05, 0) is 58.4 Å². The van der Waals surface area contributed by atoms with Crippen molar-refractivity contribution in [2.45, 2.75) is 65.3 Å². The minimum absolute atomic E-state index is 0.00605. The topological polar surface area (TPSA) is 95.9 Å². The van der Waals surface area contributed by atoms with Gasteiger partial charge in [0.15, 0.2) is 0 Å². The predicted molar refractivity (Wildman–Crippen MR) is 162 cm³/mol. The smallest absolute Gasteiger partial charge is 0.300 e. The highest BCUT2D eigenvalue weighted by atomic mass is 16.5. The average molecular weight is 555 g/mol. The van der Waals surface area contributed by atoms with Gasteiger partial charge in [0.2, 0.25) is 5.91 Å². The van der Waals surface area contributed by atoms with Crippen LogP contribution in [0.15, 0.2) is 72.3 Å². The zero-order valence-electron chi connectivity index (χ0n) is 25.0. The number of hydrogen-bond acceptors (Lipinski definition) is 5. The van der Waals surface area contributed by atoms with Gasteiger partial charge in [-0.1, -0.05) is 71.9 Å². The molecule has 41 heavy (non-hydrogen) atoms. The maximum Gasteiger partial charge on any atom is 0.300 e. The third-order valence-corrected chi connectivity index (χ3v) is 7.26. The molecule has 0 spiro atoms. The van der Waals surface area contributed by atoms with Gasteiger partial charge in [-0.2, -0.15) is 0 Å². The van der Waals surface area contributed by atoms with Crippen molar-refractivity contribution >= 4 is 34.7 Å². The van der Waals surface area contributed by atoms with Crippen LogP contribution in [0.2, 0.25) is 0 Å². The Bertz CT molecular complexity index is 1540. The Morgan fingerprint density at radius 3 is 2.12 bits per heavy atom. The van der Waals surface area contributed by atoms with Crippen molar-refractivity contribution in [3.63, 3.8) is 0 Å². The molecule has 1 saturated heterocycles. The van der Waals surface area contributed by atoms with Crippen LogP contribution in [-0.4, -0.2) is 29.8 Å². The van der Waals surface area contributed by atoms with Crippen LogP contribution in [0.5, 0.6) is 5.75 Å². The molecule has 0 bridgehead atoms. The normalized spacial score (nSPS) is 17.1. The van der Waals surface area contributed by atoms with E-state index in [1.807, 2.05) is 45.0 Å². The number of ether oxygens (including phenoxy) is 1. The van der Waals surface area contributed by atoms with Gasteiger partial charge in [-0.25, -0.2) is 0 Å². The van der Waals surface area contributed by atoms with Crippen LogP contribution in [0.4, 0.5) is 11.4 Å². The van der Waals surface area contributed by atoms with Gasteiger partial charge in [-0.3, -0.25) is 19.3 Å². The highest BCUT2D eigenvalue weighted by Gasteiger charge is 2.47. The van der Waals surface area contributed by atoms with E-state index in [9.17, 15) is 19.5 Å². The van der Waals surface area contributed by atoms with Gasteiger partial charge in [0.05, 0.1) is 18.7 Å². The molecule has 0 radical (unpaired) electrons. The van der Waals surface area contributed by atoms with E-state index in [4.69, 9.17) is 4.74 Å². The fourth-order valence-electron chi connectivity index (χ4n) is 5.11. The van der Waals surface area contributed by atoms with Gasteiger partial charge < -0.3 is 15.2 Å². The Labute approximate surface area is 241 Å². The molecule has 2 amide bonds. The SMILES string of the molecule is COc1ccc(/C(O)=C2/C(=O)C(=O)N(c3cccc(NC(C)=O)c3)C2c2ccc(C(C)(C)C)cc2)cc1C(C)(C)C. The fourth-order valence-corrected chi connectivity index (χ4v) is 5.11. The molecule has 0 aliphatic carbocycles. The van der Waals surface area contributed by atoms with Gasteiger partial charge in [0, 0.05) is 29.4 Å². The van der Waals surface area contributed by atoms with Crippen molar-refractivity contribution < 1.29 is 24.2 Å². The van der Waals surface area contributed by atoms with Gasteiger partial charge in [-0.15, -0.1) is 0 Å². The summed E-state index contributed by atoms with van der Waals surface area (Å²) in [6, 6.07) is 18.9. The number of anilines is 2. The number of methoxy groups -OCH3 is 1. The molecular formula is C34H38N2O5. The predicted octanol–water partition coefficient (Wildman–Crippen LogP) is 6.87. The number of carbonyl (C=O) groups excluding carboxylic acids is 3. The molecule has 1 atom stereocenters. The summed E-state index contributed by atoms with van der Waals surface area (Å²) in [5.41, 5.74) is 3.54. The summed E-state index contributed by atoms with van der Waals surface area (Å²) in [5, 5.41) is 14.4. The summed E-state index contributed by atoms with van der Waals surface area (Å²) < 4.78 is 5.56. The molecule has 3 aromatic carbocycles. The van der Waals surface area contributed by atoms with Crippen LogP contribution < -0.4 is 15.0 Å². The zero-order valence-corrected chi connectivity index (χ0v) is 25.0. The lowest BCUT2D eigenvalue weighted by Gasteiger charge is -2.27. The Hall–Kier alpha value is -4.39. The highest BCUT2D eigenvalue weighted by molar-refractivity contribution is 6.51. The number of nitrogens with one attached hydrogen (secondary N) is 1. The number of benzene rings is 3.